The van der Waals surface area contributed by atoms with Crippen LogP contribution in [0.3, 0.4) is 0 Å². The Balaban J connectivity index is 1.71. The molecule has 0 aliphatic heterocycles. The van der Waals surface area contributed by atoms with Crippen LogP contribution in [-0.4, -0.2) is 40.4 Å². The van der Waals surface area contributed by atoms with E-state index in [0.717, 1.165) is 4.68 Å². The highest BCUT2D eigenvalue weighted by Gasteiger charge is 2.13. The van der Waals surface area contributed by atoms with Crippen molar-refractivity contribution in [2.45, 2.75) is 19.9 Å². The molecule has 0 saturated carbocycles. The number of amides is 1. The van der Waals surface area contributed by atoms with Gasteiger partial charge < -0.3 is 14.8 Å². The van der Waals surface area contributed by atoms with Crippen molar-refractivity contribution in [2.75, 3.05) is 19.0 Å². The van der Waals surface area contributed by atoms with Crippen molar-refractivity contribution in [2.24, 2.45) is 0 Å². The zero-order chi connectivity index (χ0) is 21.5. The molecule has 1 amide bonds. The predicted molar refractivity (Wildman–Crippen MR) is 112 cm³/mol. The van der Waals surface area contributed by atoms with Crippen molar-refractivity contribution in [3.05, 3.63) is 57.8 Å². The molecule has 1 N–H and O–H groups in total. The normalized spacial score (nSPS) is 10.5. The van der Waals surface area contributed by atoms with Crippen LogP contribution in [0.2, 0.25) is 0 Å². The minimum absolute atomic E-state index is 0.0299. The minimum Gasteiger partial charge on any atom is -0.496 e. The molecule has 2 aromatic heterocycles. The summed E-state index contributed by atoms with van der Waals surface area (Å²) in [5.74, 6) is -0.236. The Morgan fingerprint density at radius 3 is 2.77 bits per heavy atom. The number of ether oxygens (including phenoxy) is 2. The molecule has 0 atom stereocenters. The molecule has 0 aliphatic carbocycles. The highest BCUT2D eigenvalue weighted by atomic mass is 32.1. The molecule has 3 rings (SSSR count). The predicted octanol–water partition coefficient (Wildman–Crippen LogP) is 2.12. The summed E-state index contributed by atoms with van der Waals surface area (Å²) in [5.41, 5.74) is 1.30. The first-order valence-electron chi connectivity index (χ1n) is 9.11. The maximum atomic E-state index is 12.4. The fourth-order valence-electron chi connectivity index (χ4n) is 2.66. The molecule has 0 bridgehead atoms. The first kappa shape index (κ1) is 21.2. The van der Waals surface area contributed by atoms with Gasteiger partial charge in [0.05, 0.1) is 31.5 Å². The van der Waals surface area contributed by atoms with E-state index >= 15 is 0 Å². The number of hydrogen-bond donors (Lipinski definition) is 1. The number of carbonyl (C=O) groups excluding carboxylic acids is 2. The Hall–Kier alpha value is -3.53. The number of rotatable bonds is 8. The average molecular weight is 428 g/mol. The van der Waals surface area contributed by atoms with Crippen LogP contribution < -0.4 is 15.6 Å². The Morgan fingerprint density at radius 2 is 2.00 bits per heavy atom. The van der Waals surface area contributed by atoms with E-state index in [9.17, 15) is 14.4 Å². The number of thiazole rings is 1. The van der Waals surface area contributed by atoms with E-state index in [1.54, 1.807) is 31.5 Å². The highest BCUT2D eigenvalue weighted by Crippen LogP contribution is 2.27. The number of nitrogens with one attached hydrogen (secondary N) is 1. The van der Waals surface area contributed by atoms with Crippen molar-refractivity contribution in [3.8, 4) is 17.0 Å². The number of para-hydroxylation sites is 1. The Kier molecular flexibility index (Phi) is 6.91. The SMILES string of the molecule is CCOC(=O)Cc1csc(NC(=O)Cn2nc(-c3ccccc3OC)ccc2=O)n1. The zero-order valence-electron chi connectivity index (χ0n) is 16.5. The fourth-order valence-corrected chi connectivity index (χ4v) is 3.39. The lowest BCUT2D eigenvalue weighted by Crippen LogP contribution is -2.29. The van der Waals surface area contributed by atoms with Gasteiger partial charge in [0, 0.05) is 17.0 Å². The van der Waals surface area contributed by atoms with Gasteiger partial charge in [0.2, 0.25) is 5.91 Å². The van der Waals surface area contributed by atoms with Crippen LogP contribution in [0.4, 0.5) is 5.13 Å². The van der Waals surface area contributed by atoms with Gasteiger partial charge in [-0.1, -0.05) is 12.1 Å². The molecule has 0 radical (unpaired) electrons. The number of carbonyl (C=O) groups is 2. The first-order chi connectivity index (χ1) is 14.5. The summed E-state index contributed by atoms with van der Waals surface area (Å²) in [4.78, 5) is 40.2. The lowest BCUT2D eigenvalue weighted by molar-refractivity contribution is -0.142. The first-order valence-corrected chi connectivity index (χ1v) is 9.99. The van der Waals surface area contributed by atoms with Crippen LogP contribution >= 0.6 is 11.3 Å². The summed E-state index contributed by atoms with van der Waals surface area (Å²) in [5, 5.41) is 8.89. The van der Waals surface area contributed by atoms with Gasteiger partial charge in [-0.3, -0.25) is 14.4 Å². The molecule has 0 aliphatic rings. The lowest BCUT2D eigenvalue weighted by atomic mass is 10.1. The standard InChI is InChI=1S/C20H20N4O5S/c1-3-29-19(27)10-13-12-30-20(21-13)22-17(25)11-24-18(26)9-8-15(23-24)14-6-4-5-7-16(14)28-2/h4-9,12H,3,10-11H2,1-2H3,(H,21,22,25). The van der Waals surface area contributed by atoms with Crippen molar-refractivity contribution < 1.29 is 19.1 Å². The molecule has 30 heavy (non-hydrogen) atoms. The number of aromatic nitrogens is 3. The number of methoxy groups -OCH3 is 1. The third-order valence-electron chi connectivity index (χ3n) is 3.97. The molecule has 2 heterocycles. The van der Waals surface area contributed by atoms with Gasteiger partial charge in [-0.05, 0) is 25.1 Å². The summed E-state index contributed by atoms with van der Waals surface area (Å²) >= 11 is 1.18. The minimum atomic E-state index is -0.459. The van der Waals surface area contributed by atoms with Gasteiger partial charge in [-0.2, -0.15) is 5.10 Å². The molecule has 9 nitrogen and oxygen atoms in total. The molecular formula is C20H20N4O5S. The number of anilines is 1. The molecule has 156 valence electrons. The summed E-state index contributed by atoms with van der Waals surface area (Å²) < 4.78 is 11.3. The van der Waals surface area contributed by atoms with Crippen LogP contribution in [0.5, 0.6) is 5.75 Å². The third kappa shape index (κ3) is 5.29. The Morgan fingerprint density at radius 1 is 1.20 bits per heavy atom. The topological polar surface area (TPSA) is 112 Å². The van der Waals surface area contributed by atoms with E-state index in [0.29, 0.717) is 34.4 Å². The highest BCUT2D eigenvalue weighted by molar-refractivity contribution is 7.13. The molecular weight excluding hydrogens is 408 g/mol. The summed E-state index contributed by atoms with van der Waals surface area (Å²) in [6.07, 6.45) is 0.0299. The second-order valence-corrected chi connectivity index (χ2v) is 6.95. The van der Waals surface area contributed by atoms with E-state index in [-0.39, 0.29) is 18.9 Å². The molecule has 0 unspecified atom stereocenters. The van der Waals surface area contributed by atoms with Crippen LogP contribution in [0.15, 0.2) is 46.6 Å². The van der Waals surface area contributed by atoms with Crippen molar-refractivity contribution in [3.63, 3.8) is 0 Å². The maximum Gasteiger partial charge on any atom is 0.311 e. The van der Waals surface area contributed by atoms with Gasteiger partial charge in [-0.25, -0.2) is 9.67 Å². The van der Waals surface area contributed by atoms with Gasteiger partial charge in [0.25, 0.3) is 5.56 Å². The lowest BCUT2D eigenvalue weighted by Gasteiger charge is -2.10. The fraction of sp³-hybridized carbons (Fsp3) is 0.250. The van der Waals surface area contributed by atoms with Crippen molar-refractivity contribution in [1.29, 1.82) is 0 Å². The molecule has 0 spiro atoms. The second kappa shape index (κ2) is 9.79. The summed E-state index contributed by atoms with van der Waals surface area (Å²) in [6, 6.07) is 10.2. The van der Waals surface area contributed by atoms with E-state index < -0.39 is 11.5 Å². The number of esters is 1. The van der Waals surface area contributed by atoms with Gasteiger partial charge in [-0.15, -0.1) is 11.3 Å². The van der Waals surface area contributed by atoms with E-state index in [1.165, 1.54) is 17.4 Å². The van der Waals surface area contributed by atoms with Crippen LogP contribution in [-0.2, 0) is 27.3 Å². The summed E-state index contributed by atoms with van der Waals surface area (Å²) in [7, 11) is 1.55. The Labute approximate surface area is 176 Å². The van der Waals surface area contributed by atoms with Crippen LogP contribution in [0.25, 0.3) is 11.3 Å². The van der Waals surface area contributed by atoms with Gasteiger partial charge in [0.1, 0.15) is 12.3 Å². The van der Waals surface area contributed by atoms with E-state index in [4.69, 9.17) is 9.47 Å². The van der Waals surface area contributed by atoms with E-state index in [2.05, 4.69) is 15.4 Å². The zero-order valence-corrected chi connectivity index (χ0v) is 17.3. The van der Waals surface area contributed by atoms with E-state index in [1.807, 2.05) is 18.2 Å². The van der Waals surface area contributed by atoms with Crippen LogP contribution in [0.1, 0.15) is 12.6 Å². The molecule has 0 saturated heterocycles. The Bertz CT molecular complexity index is 1110. The third-order valence-corrected chi connectivity index (χ3v) is 4.78. The quantitative estimate of drug-likeness (QED) is 0.547. The molecule has 3 aromatic rings. The monoisotopic (exact) mass is 428 g/mol. The second-order valence-electron chi connectivity index (χ2n) is 6.09. The van der Waals surface area contributed by atoms with Gasteiger partial charge in [0.15, 0.2) is 5.13 Å². The molecule has 0 fully saturated rings. The van der Waals surface area contributed by atoms with Gasteiger partial charge >= 0.3 is 5.97 Å². The van der Waals surface area contributed by atoms with Crippen molar-refractivity contribution in [1.82, 2.24) is 14.8 Å². The smallest absolute Gasteiger partial charge is 0.311 e. The number of benzene rings is 1. The average Bonchev–Trinajstić information content (AvgIpc) is 3.16. The summed E-state index contributed by atoms with van der Waals surface area (Å²) in [6.45, 7) is 1.74. The van der Waals surface area contributed by atoms with Crippen LogP contribution in [0, 0.1) is 0 Å². The number of hydrogen-bond acceptors (Lipinski definition) is 8. The maximum absolute atomic E-state index is 12.4. The largest absolute Gasteiger partial charge is 0.496 e. The van der Waals surface area contributed by atoms with Crippen molar-refractivity contribution >= 4 is 28.3 Å². The molecule has 1 aromatic carbocycles. The molecule has 10 heteroatoms. The number of nitrogens with zero attached hydrogens (tertiary/aromatic N) is 3.